The van der Waals surface area contributed by atoms with Gasteiger partial charge in [-0.2, -0.15) is 0 Å². The molecular weight excluding hydrogens is 218 g/mol. The summed E-state index contributed by atoms with van der Waals surface area (Å²) in [4.78, 5) is 0. The van der Waals surface area contributed by atoms with Gasteiger partial charge >= 0.3 is 0 Å². The third-order valence-corrected chi connectivity index (χ3v) is 3.28. The van der Waals surface area contributed by atoms with E-state index in [1.807, 2.05) is 12.1 Å². The Balaban J connectivity index is 1.76. The maximum Gasteiger partial charge on any atom is 0.159 e. The molecule has 3 rings (SSSR count). The van der Waals surface area contributed by atoms with E-state index < -0.39 is 0 Å². The Bertz CT molecular complexity index is 402. The van der Waals surface area contributed by atoms with Crippen LogP contribution in [0.25, 0.3) is 0 Å². The lowest BCUT2D eigenvalue weighted by Crippen LogP contribution is -2.20. The molecule has 2 aliphatic rings. The molecular formula is C13H17NO3. The third-order valence-electron chi connectivity index (χ3n) is 3.28. The standard InChI is InChI=1S/C13H17NO3/c14-11(8-12-15-6-7-16-12)10-3-1-2-9-4-5-17-13(9)10/h1-3,11-12H,4-8,14H2. The predicted octanol–water partition coefficient (Wildman–Crippen LogP) is 1.38. The summed E-state index contributed by atoms with van der Waals surface area (Å²) in [5.41, 5.74) is 8.53. The van der Waals surface area contributed by atoms with Crippen molar-refractivity contribution in [1.29, 1.82) is 0 Å². The van der Waals surface area contributed by atoms with E-state index in [4.69, 9.17) is 19.9 Å². The topological polar surface area (TPSA) is 53.7 Å². The van der Waals surface area contributed by atoms with Gasteiger partial charge in [-0.15, -0.1) is 0 Å². The van der Waals surface area contributed by atoms with Crippen molar-refractivity contribution >= 4 is 0 Å². The fraction of sp³-hybridized carbons (Fsp3) is 0.538. The number of hydrogen-bond donors (Lipinski definition) is 1. The Morgan fingerprint density at radius 1 is 1.24 bits per heavy atom. The molecule has 4 heteroatoms. The molecule has 1 unspecified atom stereocenters. The lowest BCUT2D eigenvalue weighted by molar-refractivity contribution is -0.0508. The summed E-state index contributed by atoms with van der Waals surface area (Å²) in [7, 11) is 0. The Morgan fingerprint density at radius 3 is 2.88 bits per heavy atom. The highest BCUT2D eigenvalue weighted by molar-refractivity contribution is 5.45. The predicted molar refractivity (Wildman–Crippen MR) is 62.9 cm³/mol. The van der Waals surface area contributed by atoms with Gasteiger partial charge in [-0.25, -0.2) is 0 Å². The second-order valence-corrected chi connectivity index (χ2v) is 4.45. The zero-order valence-corrected chi connectivity index (χ0v) is 9.72. The van der Waals surface area contributed by atoms with E-state index in [9.17, 15) is 0 Å². The van der Waals surface area contributed by atoms with Crippen LogP contribution in [-0.4, -0.2) is 26.1 Å². The normalized spacial score (nSPS) is 21.2. The summed E-state index contributed by atoms with van der Waals surface area (Å²) in [5.74, 6) is 0.970. The number of hydrogen-bond acceptors (Lipinski definition) is 4. The van der Waals surface area contributed by atoms with Crippen molar-refractivity contribution in [2.75, 3.05) is 19.8 Å². The summed E-state index contributed by atoms with van der Waals surface area (Å²) < 4.78 is 16.5. The number of nitrogens with two attached hydrogens (primary N) is 1. The maximum atomic E-state index is 6.21. The highest BCUT2D eigenvalue weighted by atomic mass is 16.7. The van der Waals surface area contributed by atoms with E-state index >= 15 is 0 Å². The van der Waals surface area contributed by atoms with Crippen LogP contribution < -0.4 is 10.5 Å². The number of rotatable bonds is 3. The van der Waals surface area contributed by atoms with Gasteiger partial charge in [-0.3, -0.25) is 0 Å². The van der Waals surface area contributed by atoms with Crippen molar-refractivity contribution in [3.05, 3.63) is 29.3 Å². The van der Waals surface area contributed by atoms with Gasteiger partial charge in [-0.1, -0.05) is 18.2 Å². The van der Waals surface area contributed by atoms with Gasteiger partial charge in [0.25, 0.3) is 0 Å². The summed E-state index contributed by atoms with van der Waals surface area (Å²) in [6.07, 6.45) is 1.49. The van der Waals surface area contributed by atoms with E-state index in [0.717, 1.165) is 24.3 Å². The minimum atomic E-state index is -0.165. The molecule has 0 amide bonds. The van der Waals surface area contributed by atoms with Crippen LogP contribution in [0.2, 0.25) is 0 Å². The molecule has 1 atom stereocenters. The molecule has 2 heterocycles. The van der Waals surface area contributed by atoms with E-state index in [0.29, 0.717) is 19.6 Å². The van der Waals surface area contributed by atoms with Crippen LogP contribution >= 0.6 is 0 Å². The molecule has 0 aliphatic carbocycles. The van der Waals surface area contributed by atoms with Crippen LogP contribution in [0.5, 0.6) is 5.75 Å². The second-order valence-electron chi connectivity index (χ2n) is 4.45. The fourth-order valence-corrected chi connectivity index (χ4v) is 2.41. The Kier molecular flexibility index (Phi) is 3.01. The van der Waals surface area contributed by atoms with Gasteiger partial charge in [0.15, 0.2) is 6.29 Å². The van der Waals surface area contributed by atoms with E-state index in [2.05, 4.69) is 6.07 Å². The lowest BCUT2D eigenvalue weighted by atomic mass is 10.00. The van der Waals surface area contributed by atoms with Crippen molar-refractivity contribution in [1.82, 2.24) is 0 Å². The van der Waals surface area contributed by atoms with Crippen molar-refractivity contribution in [2.45, 2.75) is 25.2 Å². The summed E-state index contributed by atoms with van der Waals surface area (Å²) >= 11 is 0. The SMILES string of the molecule is NC(CC1OCCO1)c1cccc2c1OCC2. The fourth-order valence-electron chi connectivity index (χ4n) is 2.41. The summed E-state index contributed by atoms with van der Waals surface area (Å²) in [6.45, 7) is 2.09. The Labute approximate surface area is 101 Å². The maximum absolute atomic E-state index is 6.21. The minimum Gasteiger partial charge on any atom is -0.493 e. The van der Waals surface area contributed by atoms with Crippen molar-refractivity contribution in [3.63, 3.8) is 0 Å². The van der Waals surface area contributed by atoms with Crippen LogP contribution in [0, 0.1) is 0 Å². The molecule has 4 nitrogen and oxygen atoms in total. The van der Waals surface area contributed by atoms with Crippen LogP contribution in [0.3, 0.4) is 0 Å². The molecule has 0 radical (unpaired) electrons. The summed E-state index contributed by atoms with van der Waals surface area (Å²) in [5, 5.41) is 0. The molecule has 2 N–H and O–H groups in total. The smallest absolute Gasteiger partial charge is 0.159 e. The van der Waals surface area contributed by atoms with Gasteiger partial charge in [0, 0.05) is 24.4 Å². The number of fused-ring (bicyclic) bond motifs is 1. The van der Waals surface area contributed by atoms with Gasteiger partial charge in [0.1, 0.15) is 5.75 Å². The van der Waals surface area contributed by atoms with Crippen LogP contribution in [0.4, 0.5) is 0 Å². The number of para-hydroxylation sites is 1. The first-order chi connectivity index (χ1) is 8.34. The Morgan fingerprint density at radius 2 is 2.06 bits per heavy atom. The zero-order chi connectivity index (χ0) is 11.7. The van der Waals surface area contributed by atoms with Gasteiger partial charge < -0.3 is 19.9 Å². The van der Waals surface area contributed by atoms with Gasteiger partial charge in [-0.05, 0) is 5.56 Å². The highest BCUT2D eigenvalue weighted by Gasteiger charge is 2.24. The molecule has 92 valence electrons. The van der Waals surface area contributed by atoms with E-state index in [1.54, 1.807) is 0 Å². The third kappa shape index (κ3) is 2.16. The van der Waals surface area contributed by atoms with Gasteiger partial charge in [0.2, 0.25) is 0 Å². The molecule has 0 saturated carbocycles. The molecule has 1 saturated heterocycles. The first kappa shape index (κ1) is 11.0. The molecule has 1 fully saturated rings. The van der Waals surface area contributed by atoms with Crippen molar-refractivity contribution in [3.8, 4) is 5.75 Å². The van der Waals surface area contributed by atoms with E-state index in [1.165, 1.54) is 5.56 Å². The van der Waals surface area contributed by atoms with E-state index in [-0.39, 0.29) is 12.3 Å². The second kappa shape index (κ2) is 4.64. The van der Waals surface area contributed by atoms with Crippen molar-refractivity contribution < 1.29 is 14.2 Å². The average Bonchev–Trinajstić information content (AvgIpc) is 2.97. The zero-order valence-electron chi connectivity index (χ0n) is 9.72. The number of ether oxygens (including phenoxy) is 3. The average molecular weight is 235 g/mol. The van der Waals surface area contributed by atoms with Gasteiger partial charge in [0.05, 0.1) is 19.8 Å². The first-order valence-electron chi connectivity index (χ1n) is 6.08. The van der Waals surface area contributed by atoms with Crippen molar-refractivity contribution in [2.24, 2.45) is 5.73 Å². The molecule has 0 bridgehead atoms. The van der Waals surface area contributed by atoms with Crippen LogP contribution in [0.15, 0.2) is 18.2 Å². The lowest BCUT2D eigenvalue weighted by Gasteiger charge is -2.18. The minimum absolute atomic E-state index is 0.0915. The van der Waals surface area contributed by atoms with Crippen LogP contribution in [0.1, 0.15) is 23.6 Å². The number of benzene rings is 1. The summed E-state index contributed by atoms with van der Waals surface area (Å²) in [6, 6.07) is 6.08. The molecule has 0 aromatic heterocycles. The van der Waals surface area contributed by atoms with Crippen LogP contribution in [-0.2, 0) is 15.9 Å². The largest absolute Gasteiger partial charge is 0.493 e. The molecule has 17 heavy (non-hydrogen) atoms. The molecule has 0 spiro atoms. The molecule has 2 aliphatic heterocycles. The Hall–Kier alpha value is -1.10. The first-order valence-corrected chi connectivity index (χ1v) is 6.08. The molecule has 1 aromatic carbocycles. The highest BCUT2D eigenvalue weighted by Crippen LogP contribution is 2.34. The quantitative estimate of drug-likeness (QED) is 0.860. The molecule has 1 aromatic rings. The monoisotopic (exact) mass is 235 g/mol.